The van der Waals surface area contributed by atoms with Gasteiger partial charge in [-0.2, -0.15) is 0 Å². The average Bonchev–Trinajstić information content (AvgIpc) is 2.59. The predicted octanol–water partition coefficient (Wildman–Crippen LogP) is 1.43. The highest BCUT2D eigenvalue weighted by atomic mass is 32.2. The Hall–Kier alpha value is -1.93. The van der Waals surface area contributed by atoms with E-state index in [1.54, 1.807) is 11.8 Å². The summed E-state index contributed by atoms with van der Waals surface area (Å²) in [5.74, 6) is -1.88. The van der Waals surface area contributed by atoms with Crippen molar-refractivity contribution in [3.63, 3.8) is 0 Å². The number of nitrogens with zero attached hydrogens (tertiary/aromatic N) is 1. The molecule has 0 spiro atoms. The van der Waals surface area contributed by atoms with Crippen molar-refractivity contribution >= 4 is 21.7 Å². The number of carboxylic acid groups (broad SMARTS) is 1. The molecule has 2 rings (SSSR count). The molecule has 0 unspecified atom stereocenters. The number of hydrogen-bond donors (Lipinski definition) is 1. The molecule has 1 fully saturated rings. The lowest BCUT2D eigenvalue weighted by atomic mass is 9.90. The zero-order valence-corrected chi connectivity index (χ0v) is 15.2. The number of amides is 1. The lowest BCUT2D eigenvalue weighted by Gasteiger charge is -2.37. The number of aliphatic carboxylic acids is 1. The number of likely N-dealkylation sites (tertiary alicyclic amines) is 1. The number of carboxylic acids is 1. The van der Waals surface area contributed by atoms with Crippen LogP contribution in [0.5, 0.6) is 0 Å². The van der Waals surface area contributed by atoms with E-state index in [4.69, 9.17) is 4.74 Å². The molecule has 25 heavy (non-hydrogen) atoms. The van der Waals surface area contributed by atoms with Crippen LogP contribution in [0.25, 0.3) is 0 Å². The molecule has 1 heterocycles. The first kappa shape index (κ1) is 19.4. The molecule has 0 radical (unpaired) electrons. The molecule has 0 bridgehead atoms. The number of hydrogen-bond acceptors (Lipinski definition) is 5. The Bertz CT molecular complexity index is 728. The number of sulfone groups is 1. The first-order chi connectivity index (χ1) is 11.8. The summed E-state index contributed by atoms with van der Waals surface area (Å²) >= 11 is 0. The number of methoxy groups -OCH3 is 1. The summed E-state index contributed by atoms with van der Waals surface area (Å²) in [4.78, 5) is 25.7. The molecule has 1 aliphatic rings. The summed E-state index contributed by atoms with van der Waals surface area (Å²) in [6.45, 7) is 2.34. The third-order valence-electron chi connectivity index (χ3n) is 4.58. The van der Waals surface area contributed by atoms with Gasteiger partial charge in [0.2, 0.25) is 0 Å². The molecule has 1 N–H and O–H groups in total. The van der Waals surface area contributed by atoms with Crippen LogP contribution in [-0.2, 0) is 19.4 Å². The van der Waals surface area contributed by atoms with E-state index < -0.39 is 27.8 Å². The second-order valence-electron chi connectivity index (χ2n) is 6.16. The smallest absolute Gasteiger partial charge is 0.308 e. The SMILES string of the molecule is COCCS(=O)(=O)c1ccc(C(=O)N2CCC[C@H](C(=O)O)[C@@H]2C)cc1. The van der Waals surface area contributed by atoms with E-state index in [9.17, 15) is 23.1 Å². The molecule has 138 valence electrons. The zero-order valence-electron chi connectivity index (χ0n) is 14.3. The number of ether oxygens (including phenoxy) is 1. The first-order valence-corrected chi connectivity index (χ1v) is 9.78. The van der Waals surface area contributed by atoms with Gasteiger partial charge in [0.1, 0.15) is 0 Å². The average molecular weight is 369 g/mol. The molecule has 0 aliphatic carbocycles. The molecule has 2 atom stereocenters. The third-order valence-corrected chi connectivity index (χ3v) is 6.28. The number of piperidine rings is 1. The number of rotatable bonds is 6. The zero-order chi connectivity index (χ0) is 18.6. The van der Waals surface area contributed by atoms with Gasteiger partial charge in [0.05, 0.1) is 23.2 Å². The summed E-state index contributed by atoms with van der Waals surface area (Å²) in [5, 5.41) is 9.26. The fraction of sp³-hybridized carbons (Fsp3) is 0.529. The summed E-state index contributed by atoms with van der Waals surface area (Å²) in [5.41, 5.74) is 0.351. The maximum atomic E-state index is 12.7. The van der Waals surface area contributed by atoms with Crippen LogP contribution in [0.15, 0.2) is 29.2 Å². The van der Waals surface area contributed by atoms with Gasteiger partial charge in [-0.05, 0) is 44.0 Å². The fourth-order valence-electron chi connectivity index (χ4n) is 3.04. The van der Waals surface area contributed by atoms with Gasteiger partial charge < -0.3 is 14.7 Å². The Morgan fingerprint density at radius 3 is 2.48 bits per heavy atom. The third kappa shape index (κ3) is 4.38. The van der Waals surface area contributed by atoms with Gasteiger partial charge in [-0.15, -0.1) is 0 Å². The summed E-state index contributed by atoms with van der Waals surface area (Å²) in [6.07, 6.45) is 1.19. The maximum Gasteiger partial charge on any atom is 0.308 e. The molecular weight excluding hydrogens is 346 g/mol. The van der Waals surface area contributed by atoms with E-state index in [1.165, 1.54) is 31.4 Å². The number of carbonyl (C=O) groups excluding carboxylic acids is 1. The molecule has 1 amide bonds. The van der Waals surface area contributed by atoms with E-state index in [-0.39, 0.29) is 23.2 Å². The van der Waals surface area contributed by atoms with Crippen LogP contribution < -0.4 is 0 Å². The van der Waals surface area contributed by atoms with Gasteiger partial charge >= 0.3 is 5.97 Å². The normalized spacial score (nSPS) is 21.1. The van der Waals surface area contributed by atoms with Gasteiger partial charge in [0.15, 0.2) is 9.84 Å². The molecule has 7 nitrogen and oxygen atoms in total. The second kappa shape index (κ2) is 7.97. The molecule has 1 aliphatic heterocycles. The van der Waals surface area contributed by atoms with E-state index in [0.29, 0.717) is 24.9 Å². The van der Waals surface area contributed by atoms with Crippen LogP contribution in [0.1, 0.15) is 30.1 Å². The van der Waals surface area contributed by atoms with Crippen molar-refractivity contribution in [2.45, 2.75) is 30.7 Å². The Morgan fingerprint density at radius 2 is 1.92 bits per heavy atom. The topological polar surface area (TPSA) is 101 Å². The molecule has 1 aromatic rings. The Labute approximate surface area is 147 Å². The molecule has 1 saturated heterocycles. The minimum Gasteiger partial charge on any atom is -0.481 e. The Morgan fingerprint density at radius 1 is 1.28 bits per heavy atom. The van der Waals surface area contributed by atoms with Gasteiger partial charge in [-0.25, -0.2) is 8.42 Å². The second-order valence-corrected chi connectivity index (χ2v) is 8.27. The molecule has 8 heteroatoms. The number of benzene rings is 1. The van der Waals surface area contributed by atoms with Crippen molar-refractivity contribution in [2.75, 3.05) is 26.0 Å². The maximum absolute atomic E-state index is 12.7. The minimum atomic E-state index is -3.45. The summed E-state index contributed by atoms with van der Waals surface area (Å²) in [7, 11) is -2.02. The van der Waals surface area contributed by atoms with E-state index in [1.807, 2.05) is 0 Å². The number of carbonyl (C=O) groups is 2. The van der Waals surface area contributed by atoms with E-state index >= 15 is 0 Å². The summed E-state index contributed by atoms with van der Waals surface area (Å²) < 4.78 is 29.0. The Balaban J connectivity index is 2.16. The minimum absolute atomic E-state index is 0.102. The molecule has 1 aromatic carbocycles. The van der Waals surface area contributed by atoms with Crippen molar-refractivity contribution in [2.24, 2.45) is 5.92 Å². The van der Waals surface area contributed by atoms with Gasteiger partial charge in [0, 0.05) is 25.3 Å². The fourth-order valence-corrected chi connectivity index (χ4v) is 4.21. The highest BCUT2D eigenvalue weighted by Crippen LogP contribution is 2.25. The van der Waals surface area contributed by atoms with Crippen LogP contribution in [-0.4, -0.2) is 62.4 Å². The Kier molecular flexibility index (Phi) is 6.18. The predicted molar refractivity (Wildman–Crippen MR) is 91.2 cm³/mol. The van der Waals surface area contributed by atoms with Gasteiger partial charge in [0.25, 0.3) is 5.91 Å². The highest BCUT2D eigenvalue weighted by Gasteiger charge is 2.35. The van der Waals surface area contributed by atoms with Crippen LogP contribution in [0, 0.1) is 5.92 Å². The van der Waals surface area contributed by atoms with E-state index in [2.05, 4.69) is 0 Å². The lowest BCUT2D eigenvalue weighted by Crippen LogP contribution is -2.49. The van der Waals surface area contributed by atoms with Crippen molar-refractivity contribution < 1.29 is 27.9 Å². The molecular formula is C17H23NO6S. The quantitative estimate of drug-likeness (QED) is 0.814. The van der Waals surface area contributed by atoms with Gasteiger partial charge in [-0.1, -0.05) is 0 Å². The highest BCUT2D eigenvalue weighted by molar-refractivity contribution is 7.91. The molecule has 0 saturated carbocycles. The van der Waals surface area contributed by atoms with Crippen LogP contribution in [0.2, 0.25) is 0 Å². The van der Waals surface area contributed by atoms with Crippen molar-refractivity contribution in [3.05, 3.63) is 29.8 Å². The largest absolute Gasteiger partial charge is 0.481 e. The standard InChI is InChI=1S/C17H23NO6S/c1-12-15(17(20)21)4-3-9-18(12)16(19)13-5-7-14(8-6-13)25(22,23)11-10-24-2/h5-8,12,15H,3-4,9-11H2,1-2H3,(H,20,21)/t12-,15-/m0/s1. The lowest BCUT2D eigenvalue weighted by molar-refractivity contribution is -0.144. The van der Waals surface area contributed by atoms with Crippen molar-refractivity contribution in [1.82, 2.24) is 4.90 Å². The van der Waals surface area contributed by atoms with Crippen LogP contribution >= 0.6 is 0 Å². The summed E-state index contributed by atoms with van der Waals surface area (Å²) in [6, 6.07) is 5.35. The van der Waals surface area contributed by atoms with E-state index in [0.717, 1.165) is 0 Å². The first-order valence-electron chi connectivity index (χ1n) is 8.13. The van der Waals surface area contributed by atoms with Gasteiger partial charge in [-0.3, -0.25) is 9.59 Å². The van der Waals surface area contributed by atoms with Crippen LogP contribution in [0.3, 0.4) is 0 Å². The molecule has 0 aromatic heterocycles. The van der Waals surface area contributed by atoms with Crippen molar-refractivity contribution in [3.8, 4) is 0 Å². The van der Waals surface area contributed by atoms with Crippen LogP contribution in [0.4, 0.5) is 0 Å². The monoisotopic (exact) mass is 369 g/mol. The van der Waals surface area contributed by atoms with Crippen molar-refractivity contribution in [1.29, 1.82) is 0 Å².